The summed E-state index contributed by atoms with van der Waals surface area (Å²) in [5, 5.41) is 9.31. The number of aryl methyl sites for hydroxylation is 2. The van der Waals surface area contributed by atoms with Gasteiger partial charge in [-0.05, 0) is 60.9 Å². The lowest BCUT2D eigenvalue weighted by molar-refractivity contribution is 0.304. The first-order valence-electron chi connectivity index (χ1n) is 8.06. The van der Waals surface area contributed by atoms with Gasteiger partial charge in [-0.2, -0.15) is 5.26 Å². The van der Waals surface area contributed by atoms with E-state index in [-0.39, 0.29) is 5.92 Å². The lowest BCUT2D eigenvalue weighted by atomic mass is 9.96. The summed E-state index contributed by atoms with van der Waals surface area (Å²) in [5.74, 6) is 0.929. The monoisotopic (exact) mass is 291 g/mol. The summed E-state index contributed by atoms with van der Waals surface area (Å²) in [6, 6.07) is 18.8. The molecule has 0 N–H and O–H groups in total. The fourth-order valence-electron chi connectivity index (χ4n) is 3.11. The molecule has 1 atom stereocenters. The van der Waals surface area contributed by atoms with Crippen LogP contribution in [-0.4, -0.2) is 6.61 Å². The molecule has 0 spiro atoms. The molecule has 1 aliphatic carbocycles. The summed E-state index contributed by atoms with van der Waals surface area (Å²) in [6.45, 7) is 0.670. The first-order valence-corrected chi connectivity index (χ1v) is 8.06. The predicted molar refractivity (Wildman–Crippen MR) is 88.0 cm³/mol. The Kier molecular flexibility index (Phi) is 4.75. The molecule has 0 bridgehead atoms. The number of hydrogen-bond donors (Lipinski definition) is 0. The van der Waals surface area contributed by atoms with E-state index in [4.69, 9.17) is 4.74 Å². The van der Waals surface area contributed by atoms with Crippen LogP contribution in [0.2, 0.25) is 0 Å². The average molecular weight is 291 g/mol. The fourth-order valence-corrected chi connectivity index (χ4v) is 3.11. The second-order valence-corrected chi connectivity index (χ2v) is 5.87. The van der Waals surface area contributed by atoms with Gasteiger partial charge in [0.05, 0.1) is 18.6 Å². The van der Waals surface area contributed by atoms with Gasteiger partial charge >= 0.3 is 0 Å². The molecule has 0 heterocycles. The Bertz CT molecular complexity index is 657. The number of nitriles is 1. The van der Waals surface area contributed by atoms with Gasteiger partial charge in [-0.1, -0.05) is 36.4 Å². The fraction of sp³-hybridized carbons (Fsp3) is 0.350. The molecular weight excluding hydrogens is 270 g/mol. The van der Waals surface area contributed by atoms with Crippen LogP contribution in [0.5, 0.6) is 5.75 Å². The first kappa shape index (κ1) is 14.7. The second-order valence-electron chi connectivity index (χ2n) is 5.87. The van der Waals surface area contributed by atoms with Crippen molar-refractivity contribution in [1.29, 1.82) is 5.26 Å². The highest BCUT2D eigenvalue weighted by molar-refractivity contribution is 5.38. The first-order chi connectivity index (χ1) is 10.9. The zero-order chi connectivity index (χ0) is 15.2. The Labute approximate surface area is 132 Å². The maximum absolute atomic E-state index is 9.31. The third-order valence-corrected chi connectivity index (χ3v) is 4.33. The summed E-state index contributed by atoms with van der Waals surface area (Å²) in [5.41, 5.74) is 4.01. The van der Waals surface area contributed by atoms with Crippen molar-refractivity contribution in [3.8, 4) is 11.8 Å². The zero-order valence-electron chi connectivity index (χ0n) is 12.8. The quantitative estimate of drug-likeness (QED) is 0.726. The highest BCUT2D eigenvalue weighted by Crippen LogP contribution is 2.26. The molecule has 1 aliphatic rings. The summed E-state index contributed by atoms with van der Waals surface area (Å²) in [7, 11) is 0. The van der Waals surface area contributed by atoms with E-state index in [1.807, 2.05) is 30.3 Å². The van der Waals surface area contributed by atoms with E-state index in [2.05, 4.69) is 24.3 Å². The minimum Gasteiger partial charge on any atom is -0.494 e. The molecule has 2 aromatic rings. The Morgan fingerprint density at radius 1 is 1.05 bits per heavy atom. The van der Waals surface area contributed by atoms with Crippen LogP contribution in [0.15, 0.2) is 48.5 Å². The average Bonchev–Trinajstić information content (AvgIpc) is 3.03. The number of fused-ring (bicyclic) bond motifs is 1. The number of hydrogen-bond acceptors (Lipinski definition) is 2. The largest absolute Gasteiger partial charge is 0.494 e. The van der Waals surface area contributed by atoms with E-state index in [1.165, 1.54) is 30.4 Å². The predicted octanol–water partition coefficient (Wildman–Crippen LogP) is 4.64. The molecule has 1 unspecified atom stereocenters. The Morgan fingerprint density at radius 3 is 2.68 bits per heavy atom. The molecule has 0 aromatic heterocycles. The van der Waals surface area contributed by atoms with Crippen LogP contribution < -0.4 is 4.74 Å². The van der Waals surface area contributed by atoms with E-state index in [0.29, 0.717) is 6.61 Å². The minimum absolute atomic E-state index is 0.0372. The van der Waals surface area contributed by atoms with E-state index in [1.54, 1.807) is 0 Å². The van der Waals surface area contributed by atoms with Crippen LogP contribution in [0.4, 0.5) is 0 Å². The number of benzene rings is 2. The molecule has 2 heteroatoms. The van der Waals surface area contributed by atoms with Gasteiger partial charge in [-0.25, -0.2) is 0 Å². The number of ether oxygens (including phenoxy) is 1. The maximum atomic E-state index is 9.31. The molecule has 2 aromatic carbocycles. The Hall–Kier alpha value is -2.27. The molecule has 0 amide bonds. The van der Waals surface area contributed by atoms with E-state index in [0.717, 1.165) is 24.2 Å². The van der Waals surface area contributed by atoms with Crippen molar-refractivity contribution < 1.29 is 4.74 Å². The standard InChI is InChI=1S/C20H21NO/c21-15-19(16-6-2-1-3-7-16)10-5-13-22-20-12-11-17-8-4-9-18(17)14-20/h1-3,6-7,11-12,14,19H,4-5,8-10,13H2. The minimum atomic E-state index is -0.0372. The van der Waals surface area contributed by atoms with Gasteiger partial charge in [-0.15, -0.1) is 0 Å². The lowest BCUT2D eigenvalue weighted by Crippen LogP contribution is -2.02. The highest BCUT2D eigenvalue weighted by atomic mass is 16.5. The Morgan fingerprint density at radius 2 is 1.86 bits per heavy atom. The Balaban J connectivity index is 1.48. The van der Waals surface area contributed by atoms with Crippen molar-refractivity contribution in [1.82, 2.24) is 0 Å². The molecule has 0 saturated heterocycles. The van der Waals surface area contributed by atoms with Gasteiger partial charge in [0, 0.05) is 0 Å². The zero-order valence-corrected chi connectivity index (χ0v) is 12.8. The summed E-state index contributed by atoms with van der Waals surface area (Å²) >= 11 is 0. The van der Waals surface area contributed by atoms with E-state index in [9.17, 15) is 5.26 Å². The smallest absolute Gasteiger partial charge is 0.119 e. The van der Waals surface area contributed by atoms with Crippen LogP contribution in [0.25, 0.3) is 0 Å². The van der Waals surface area contributed by atoms with Crippen LogP contribution in [0, 0.1) is 11.3 Å². The summed E-state index contributed by atoms with van der Waals surface area (Å²) in [6.07, 6.45) is 5.38. The van der Waals surface area contributed by atoms with Crippen molar-refractivity contribution in [3.63, 3.8) is 0 Å². The maximum Gasteiger partial charge on any atom is 0.119 e. The van der Waals surface area contributed by atoms with Crippen molar-refractivity contribution in [3.05, 3.63) is 65.2 Å². The van der Waals surface area contributed by atoms with Crippen LogP contribution in [0.1, 0.15) is 41.9 Å². The van der Waals surface area contributed by atoms with Crippen molar-refractivity contribution in [2.45, 2.75) is 38.0 Å². The second kappa shape index (κ2) is 7.13. The molecule has 112 valence electrons. The molecule has 0 fully saturated rings. The molecule has 3 rings (SSSR count). The van der Waals surface area contributed by atoms with Crippen molar-refractivity contribution in [2.24, 2.45) is 0 Å². The molecule has 0 radical (unpaired) electrons. The molecule has 0 saturated carbocycles. The van der Waals surface area contributed by atoms with Gasteiger partial charge in [-0.3, -0.25) is 0 Å². The third-order valence-electron chi connectivity index (χ3n) is 4.33. The molecule has 0 aliphatic heterocycles. The number of rotatable bonds is 6. The summed E-state index contributed by atoms with van der Waals surface area (Å²) < 4.78 is 5.85. The van der Waals surface area contributed by atoms with Gasteiger partial charge in [0.15, 0.2) is 0 Å². The van der Waals surface area contributed by atoms with Gasteiger partial charge < -0.3 is 4.74 Å². The van der Waals surface area contributed by atoms with E-state index >= 15 is 0 Å². The van der Waals surface area contributed by atoms with Crippen LogP contribution >= 0.6 is 0 Å². The van der Waals surface area contributed by atoms with Gasteiger partial charge in [0.25, 0.3) is 0 Å². The SMILES string of the molecule is N#CC(CCCOc1ccc2c(c1)CCC2)c1ccccc1. The van der Waals surface area contributed by atoms with Crippen molar-refractivity contribution >= 4 is 0 Å². The third kappa shape index (κ3) is 3.49. The van der Waals surface area contributed by atoms with Crippen LogP contribution in [0.3, 0.4) is 0 Å². The highest BCUT2D eigenvalue weighted by Gasteiger charge is 2.12. The number of nitrogens with zero attached hydrogens (tertiary/aromatic N) is 1. The van der Waals surface area contributed by atoms with Gasteiger partial charge in [0.1, 0.15) is 5.75 Å². The summed E-state index contributed by atoms with van der Waals surface area (Å²) in [4.78, 5) is 0. The van der Waals surface area contributed by atoms with Crippen LogP contribution in [-0.2, 0) is 12.8 Å². The van der Waals surface area contributed by atoms with Gasteiger partial charge in [0.2, 0.25) is 0 Å². The normalized spacial score (nSPS) is 14.1. The lowest BCUT2D eigenvalue weighted by Gasteiger charge is -2.11. The molecule has 2 nitrogen and oxygen atoms in total. The van der Waals surface area contributed by atoms with Crippen molar-refractivity contribution in [2.75, 3.05) is 6.61 Å². The topological polar surface area (TPSA) is 33.0 Å². The molecule has 22 heavy (non-hydrogen) atoms. The molecular formula is C20H21NO. The van der Waals surface area contributed by atoms with E-state index < -0.39 is 0 Å².